The van der Waals surface area contributed by atoms with Crippen molar-refractivity contribution in [1.29, 1.82) is 0 Å². The smallest absolute Gasteiger partial charge is 0.141 e. The van der Waals surface area contributed by atoms with Crippen molar-refractivity contribution >= 4 is 5.78 Å². The highest BCUT2D eigenvalue weighted by Gasteiger charge is 2.55. The zero-order chi connectivity index (χ0) is 10.5. The van der Waals surface area contributed by atoms with Crippen LogP contribution in [0.5, 0.6) is 0 Å². The van der Waals surface area contributed by atoms with Crippen LogP contribution in [-0.2, 0) is 4.79 Å². The summed E-state index contributed by atoms with van der Waals surface area (Å²) < 4.78 is 0. The molecule has 3 aliphatic rings. The van der Waals surface area contributed by atoms with Crippen LogP contribution in [0.3, 0.4) is 0 Å². The van der Waals surface area contributed by atoms with Crippen molar-refractivity contribution in [3.8, 4) is 0 Å². The molecular formula is C13H20O2. The Morgan fingerprint density at radius 1 is 1.13 bits per heavy atom. The van der Waals surface area contributed by atoms with Gasteiger partial charge in [-0.05, 0) is 38.0 Å². The standard InChI is InChI=1S/C13H20O2/c14-12-9-4-3-6-11(12)13(15)7-2-1-5-10(13)8-9/h9-11,15H,1-8H2/t9-,10+,11-,13-/m1/s1. The maximum atomic E-state index is 12.1. The van der Waals surface area contributed by atoms with E-state index in [9.17, 15) is 9.90 Å². The van der Waals surface area contributed by atoms with Gasteiger partial charge in [0.2, 0.25) is 0 Å². The van der Waals surface area contributed by atoms with Crippen LogP contribution in [-0.4, -0.2) is 16.5 Å². The highest BCUT2D eigenvalue weighted by molar-refractivity contribution is 5.86. The molecule has 4 atom stereocenters. The first kappa shape index (κ1) is 9.83. The first-order valence-corrected chi connectivity index (χ1v) is 6.48. The van der Waals surface area contributed by atoms with Crippen molar-refractivity contribution in [3.63, 3.8) is 0 Å². The summed E-state index contributed by atoms with van der Waals surface area (Å²) in [4.78, 5) is 12.1. The highest BCUT2D eigenvalue weighted by Crippen LogP contribution is 2.52. The molecule has 0 aromatic carbocycles. The predicted octanol–water partition coefficient (Wildman–Crippen LogP) is 2.30. The van der Waals surface area contributed by atoms with E-state index < -0.39 is 5.60 Å². The third-order valence-corrected chi connectivity index (χ3v) is 5.05. The molecule has 0 heterocycles. The van der Waals surface area contributed by atoms with Crippen LogP contribution in [0.15, 0.2) is 0 Å². The Morgan fingerprint density at radius 2 is 2.00 bits per heavy atom. The van der Waals surface area contributed by atoms with Crippen molar-refractivity contribution in [2.45, 2.75) is 57.0 Å². The average Bonchev–Trinajstić information content (AvgIpc) is 2.21. The largest absolute Gasteiger partial charge is 0.389 e. The number of carbonyl (C=O) groups is 1. The Balaban J connectivity index is 1.94. The fourth-order valence-corrected chi connectivity index (χ4v) is 4.24. The zero-order valence-electron chi connectivity index (χ0n) is 9.24. The van der Waals surface area contributed by atoms with Gasteiger partial charge < -0.3 is 5.11 Å². The maximum Gasteiger partial charge on any atom is 0.141 e. The molecule has 3 fully saturated rings. The summed E-state index contributed by atoms with van der Waals surface area (Å²) in [7, 11) is 0. The number of rotatable bonds is 0. The molecule has 2 heteroatoms. The summed E-state index contributed by atoms with van der Waals surface area (Å²) in [5, 5.41) is 10.8. The number of carbonyl (C=O) groups excluding carboxylic acids is 1. The van der Waals surface area contributed by atoms with Gasteiger partial charge in [-0.1, -0.05) is 19.3 Å². The Kier molecular flexibility index (Phi) is 2.17. The lowest BCUT2D eigenvalue weighted by Gasteiger charge is -2.52. The van der Waals surface area contributed by atoms with E-state index in [1.807, 2.05) is 0 Å². The van der Waals surface area contributed by atoms with Crippen LogP contribution >= 0.6 is 0 Å². The van der Waals surface area contributed by atoms with E-state index in [0.717, 1.165) is 44.9 Å². The fraction of sp³-hybridized carbons (Fsp3) is 0.923. The second-order valence-electron chi connectivity index (χ2n) is 5.75. The van der Waals surface area contributed by atoms with Gasteiger partial charge in [-0.15, -0.1) is 0 Å². The molecule has 0 radical (unpaired) electrons. The summed E-state index contributed by atoms with van der Waals surface area (Å²) >= 11 is 0. The topological polar surface area (TPSA) is 37.3 Å². The minimum atomic E-state index is -0.605. The molecule has 1 N–H and O–H groups in total. The Hall–Kier alpha value is -0.370. The fourth-order valence-electron chi connectivity index (χ4n) is 4.24. The molecule has 0 spiro atoms. The lowest BCUT2D eigenvalue weighted by atomic mass is 9.55. The number of aliphatic hydroxyl groups is 1. The molecule has 3 rings (SSSR count). The van der Waals surface area contributed by atoms with Gasteiger partial charge in [0, 0.05) is 11.8 Å². The SMILES string of the molecule is O=C1[C@@H]2CCC[C@H]1[C@@]1(O)CCCC[C@H]1C2. The molecule has 84 valence electrons. The van der Waals surface area contributed by atoms with Crippen LogP contribution in [0.2, 0.25) is 0 Å². The molecule has 0 unspecified atom stereocenters. The van der Waals surface area contributed by atoms with Crippen molar-refractivity contribution in [2.24, 2.45) is 17.8 Å². The van der Waals surface area contributed by atoms with Crippen molar-refractivity contribution < 1.29 is 9.90 Å². The second kappa shape index (κ2) is 3.31. The van der Waals surface area contributed by atoms with E-state index in [2.05, 4.69) is 0 Å². The van der Waals surface area contributed by atoms with Gasteiger partial charge in [-0.2, -0.15) is 0 Å². The number of ketones is 1. The summed E-state index contributed by atoms with van der Waals surface area (Å²) in [5.74, 6) is 1.11. The lowest BCUT2D eigenvalue weighted by Crippen LogP contribution is -2.57. The average molecular weight is 208 g/mol. The van der Waals surface area contributed by atoms with Crippen molar-refractivity contribution in [1.82, 2.24) is 0 Å². The normalized spacial score (nSPS) is 49.9. The minimum Gasteiger partial charge on any atom is -0.389 e. The van der Waals surface area contributed by atoms with Crippen LogP contribution in [0.1, 0.15) is 51.4 Å². The maximum absolute atomic E-state index is 12.1. The van der Waals surface area contributed by atoms with Crippen LogP contribution in [0.25, 0.3) is 0 Å². The van der Waals surface area contributed by atoms with Gasteiger partial charge in [0.15, 0.2) is 0 Å². The van der Waals surface area contributed by atoms with Gasteiger partial charge in [0.05, 0.1) is 5.60 Å². The number of fused-ring (bicyclic) bond motifs is 4. The molecule has 2 bridgehead atoms. The summed E-state index contributed by atoms with van der Waals surface area (Å²) in [6.45, 7) is 0. The summed E-state index contributed by atoms with van der Waals surface area (Å²) in [6.07, 6.45) is 8.55. The minimum absolute atomic E-state index is 0.00435. The van der Waals surface area contributed by atoms with E-state index in [4.69, 9.17) is 0 Å². The number of hydrogen-bond donors (Lipinski definition) is 1. The predicted molar refractivity (Wildman–Crippen MR) is 57.4 cm³/mol. The van der Waals surface area contributed by atoms with Gasteiger partial charge in [-0.25, -0.2) is 0 Å². The van der Waals surface area contributed by atoms with E-state index in [0.29, 0.717) is 17.6 Å². The molecular weight excluding hydrogens is 188 g/mol. The number of Topliss-reactive ketones (excluding diaryl/α,β-unsaturated/α-hetero) is 1. The quantitative estimate of drug-likeness (QED) is 0.663. The zero-order valence-corrected chi connectivity index (χ0v) is 9.24. The Morgan fingerprint density at radius 3 is 2.87 bits per heavy atom. The van der Waals surface area contributed by atoms with Crippen molar-refractivity contribution in [3.05, 3.63) is 0 Å². The highest BCUT2D eigenvalue weighted by atomic mass is 16.3. The summed E-state index contributed by atoms with van der Waals surface area (Å²) in [6, 6.07) is 0. The summed E-state index contributed by atoms with van der Waals surface area (Å²) in [5.41, 5.74) is -0.605. The van der Waals surface area contributed by atoms with Crippen LogP contribution in [0.4, 0.5) is 0 Å². The van der Waals surface area contributed by atoms with E-state index in [1.54, 1.807) is 0 Å². The van der Waals surface area contributed by atoms with Crippen LogP contribution < -0.4 is 0 Å². The molecule has 15 heavy (non-hydrogen) atoms. The number of hydrogen-bond acceptors (Lipinski definition) is 2. The third kappa shape index (κ3) is 1.30. The first-order chi connectivity index (χ1) is 7.22. The molecule has 0 aromatic rings. The van der Waals surface area contributed by atoms with Gasteiger partial charge >= 0.3 is 0 Å². The van der Waals surface area contributed by atoms with E-state index in [1.165, 1.54) is 6.42 Å². The Bertz CT molecular complexity index is 286. The third-order valence-electron chi connectivity index (χ3n) is 5.05. The molecule has 0 aliphatic heterocycles. The van der Waals surface area contributed by atoms with Gasteiger partial charge in [-0.3, -0.25) is 4.79 Å². The molecule has 0 amide bonds. The molecule has 2 nitrogen and oxygen atoms in total. The van der Waals surface area contributed by atoms with Gasteiger partial charge in [0.1, 0.15) is 5.78 Å². The van der Waals surface area contributed by atoms with Crippen LogP contribution in [0, 0.1) is 17.8 Å². The molecule has 3 aliphatic carbocycles. The molecule has 0 saturated heterocycles. The lowest BCUT2D eigenvalue weighted by molar-refractivity contribution is -0.167. The first-order valence-electron chi connectivity index (χ1n) is 6.48. The second-order valence-corrected chi connectivity index (χ2v) is 5.75. The van der Waals surface area contributed by atoms with E-state index >= 15 is 0 Å². The molecule has 3 saturated carbocycles. The van der Waals surface area contributed by atoms with Crippen molar-refractivity contribution in [2.75, 3.05) is 0 Å². The van der Waals surface area contributed by atoms with E-state index in [-0.39, 0.29) is 5.92 Å². The molecule has 0 aromatic heterocycles. The van der Waals surface area contributed by atoms with Gasteiger partial charge in [0.25, 0.3) is 0 Å². The Labute approximate surface area is 91.1 Å². The monoisotopic (exact) mass is 208 g/mol.